The average molecular weight is 281 g/mol. The molecule has 6 heteroatoms. The fraction of sp³-hybridized carbons (Fsp3) is 0.857. The summed E-state index contributed by atoms with van der Waals surface area (Å²) in [6, 6.07) is 0.235. The number of rotatable bonds is 2. The van der Waals surface area contributed by atoms with Crippen LogP contribution in [0.5, 0.6) is 0 Å². The van der Waals surface area contributed by atoms with Crippen molar-refractivity contribution >= 4 is 12.0 Å². The van der Waals surface area contributed by atoms with Gasteiger partial charge in [-0.15, -0.1) is 0 Å². The topological polar surface area (TPSA) is 64.1 Å². The predicted molar refractivity (Wildman–Crippen MR) is 73.5 cm³/mol. The summed E-state index contributed by atoms with van der Waals surface area (Å²) in [6.07, 6.45) is 3.06. The number of carboxylic acid groups (broad SMARTS) is 1. The number of hydrogen-bond donors (Lipinski definition) is 1. The minimum atomic E-state index is -0.968. The number of piperazine rings is 1. The van der Waals surface area contributed by atoms with Crippen molar-refractivity contribution in [2.24, 2.45) is 0 Å². The fourth-order valence-corrected chi connectivity index (χ4v) is 3.51. The van der Waals surface area contributed by atoms with Crippen LogP contribution in [0.1, 0.15) is 32.6 Å². The average Bonchev–Trinajstić information content (AvgIpc) is 3.20. The van der Waals surface area contributed by atoms with Crippen molar-refractivity contribution in [3.8, 4) is 0 Å². The van der Waals surface area contributed by atoms with Crippen molar-refractivity contribution in [3.05, 3.63) is 0 Å². The highest BCUT2D eigenvalue weighted by Crippen LogP contribution is 2.29. The molecule has 0 aromatic rings. The molecule has 3 fully saturated rings. The van der Waals surface area contributed by atoms with Crippen LogP contribution in [0.4, 0.5) is 4.79 Å². The van der Waals surface area contributed by atoms with Gasteiger partial charge in [-0.2, -0.15) is 0 Å². The Morgan fingerprint density at radius 1 is 1.00 bits per heavy atom. The van der Waals surface area contributed by atoms with E-state index in [4.69, 9.17) is 0 Å². The van der Waals surface area contributed by atoms with Crippen LogP contribution in [0, 0.1) is 0 Å². The van der Waals surface area contributed by atoms with Gasteiger partial charge in [0.25, 0.3) is 0 Å². The molecule has 2 atom stereocenters. The molecule has 2 saturated heterocycles. The molecule has 1 aliphatic carbocycles. The normalized spacial score (nSPS) is 31.6. The molecule has 1 saturated carbocycles. The number of nitrogens with zero attached hydrogens (tertiary/aromatic N) is 3. The van der Waals surface area contributed by atoms with Gasteiger partial charge in [0.05, 0.1) is 0 Å². The molecule has 0 bridgehead atoms. The van der Waals surface area contributed by atoms with Crippen LogP contribution >= 0.6 is 0 Å². The Hall–Kier alpha value is -1.30. The van der Waals surface area contributed by atoms with Crippen LogP contribution in [-0.2, 0) is 4.79 Å². The van der Waals surface area contributed by atoms with E-state index in [0.29, 0.717) is 6.42 Å². The summed E-state index contributed by atoms with van der Waals surface area (Å²) in [6.45, 7) is 5.24. The Kier molecular flexibility index (Phi) is 3.58. The summed E-state index contributed by atoms with van der Waals surface area (Å²) < 4.78 is 0. The zero-order valence-corrected chi connectivity index (χ0v) is 12.0. The van der Waals surface area contributed by atoms with E-state index in [1.54, 1.807) is 0 Å². The first-order valence-electron chi connectivity index (χ1n) is 7.62. The summed E-state index contributed by atoms with van der Waals surface area (Å²) in [5, 5.41) is 9.27. The lowest BCUT2D eigenvalue weighted by Crippen LogP contribution is -2.55. The lowest BCUT2D eigenvalue weighted by Gasteiger charge is -2.37. The number of carbonyl (C=O) groups is 2. The van der Waals surface area contributed by atoms with Gasteiger partial charge in [0.2, 0.25) is 5.91 Å². The molecule has 112 valence electrons. The van der Waals surface area contributed by atoms with Crippen molar-refractivity contribution in [3.63, 3.8) is 0 Å². The van der Waals surface area contributed by atoms with E-state index in [9.17, 15) is 14.7 Å². The van der Waals surface area contributed by atoms with Gasteiger partial charge in [0.1, 0.15) is 6.04 Å². The lowest BCUT2D eigenvalue weighted by molar-refractivity contribution is -0.137. The molecule has 0 unspecified atom stereocenters. The summed E-state index contributed by atoms with van der Waals surface area (Å²) >= 11 is 0. The highest BCUT2D eigenvalue weighted by Gasteiger charge is 2.41. The van der Waals surface area contributed by atoms with E-state index in [1.165, 1.54) is 17.7 Å². The van der Waals surface area contributed by atoms with Crippen molar-refractivity contribution in [2.75, 3.05) is 26.2 Å². The van der Waals surface area contributed by atoms with E-state index in [1.807, 2.05) is 11.8 Å². The maximum absolute atomic E-state index is 12.6. The summed E-state index contributed by atoms with van der Waals surface area (Å²) in [5.74, 6) is 0.00666. The second-order valence-corrected chi connectivity index (χ2v) is 6.22. The van der Waals surface area contributed by atoms with Crippen molar-refractivity contribution in [2.45, 2.75) is 50.7 Å². The molecule has 0 aromatic heterocycles. The molecular formula is C14H23N3O3. The standard InChI is InChI=1S/C14H23N3O3/c1-10-2-5-12(17(10)14(19)20)13(18)16-8-6-15(7-9-16)11-3-4-11/h10-12H,2-9H2,1H3,(H,19,20)/t10-,12+/m1/s1. The third-order valence-corrected chi connectivity index (χ3v) is 4.86. The van der Waals surface area contributed by atoms with Crippen LogP contribution in [0.3, 0.4) is 0 Å². The van der Waals surface area contributed by atoms with Gasteiger partial charge in [0.15, 0.2) is 0 Å². The summed E-state index contributed by atoms with van der Waals surface area (Å²) in [7, 11) is 0. The van der Waals surface area contributed by atoms with Gasteiger partial charge in [0, 0.05) is 38.3 Å². The minimum Gasteiger partial charge on any atom is -0.465 e. The predicted octanol–water partition coefficient (Wildman–Crippen LogP) is 0.824. The number of hydrogen-bond acceptors (Lipinski definition) is 3. The Bertz CT molecular complexity index is 402. The molecule has 6 nitrogen and oxygen atoms in total. The van der Waals surface area contributed by atoms with Crippen molar-refractivity contribution in [1.29, 1.82) is 0 Å². The molecule has 2 amide bonds. The molecule has 3 aliphatic rings. The van der Waals surface area contributed by atoms with E-state index in [-0.39, 0.29) is 11.9 Å². The molecule has 3 rings (SSSR count). The van der Waals surface area contributed by atoms with Crippen LogP contribution in [0.15, 0.2) is 0 Å². The van der Waals surface area contributed by atoms with E-state index >= 15 is 0 Å². The molecule has 0 aromatic carbocycles. The zero-order chi connectivity index (χ0) is 14.3. The van der Waals surface area contributed by atoms with E-state index < -0.39 is 12.1 Å². The monoisotopic (exact) mass is 281 g/mol. The Morgan fingerprint density at radius 2 is 1.65 bits per heavy atom. The third-order valence-electron chi connectivity index (χ3n) is 4.86. The number of amides is 2. The Labute approximate surface area is 119 Å². The second-order valence-electron chi connectivity index (χ2n) is 6.22. The maximum atomic E-state index is 12.6. The van der Waals surface area contributed by atoms with Crippen molar-refractivity contribution < 1.29 is 14.7 Å². The molecule has 2 heterocycles. The highest BCUT2D eigenvalue weighted by molar-refractivity contribution is 5.86. The quantitative estimate of drug-likeness (QED) is 0.814. The van der Waals surface area contributed by atoms with Gasteiger partial charge < -0.3 is 10.0 Å². The molecular weight excluding hydrogens is 258 g/mol. The van der Waals surface area contributed by atoms with Crippen LogP contribution in [0.25, 0.3) is 0 Å². The minimum absolute atomic E-state index is 0.00666. The second kappa shape index (κ2) is 5.24. The van der Waals surface area contributed by atoms with Crippen LogP contribution in [0.2, 0.25) is 0 Å². The smallest absolute Gasteiger partial charge is 0.408 e. The van der Waals surface area contributed by atoms with Gasteiger partial charge in [-0.05, 0) is 32.6 Å². The van der Waals surface area contributed by atoms with Gasteiger partial charge in [-0.1, -0.05) is 0 Å². The summed E-state index contributed by atoms with van der Waals surface area (Å²) in [5.41, 5.74) is 0. The molecule has 2 aliphatic heterocycles. The van der Waals surface area contributed by atoms with E-state index in [2.05, 4.69) is 4.90 Å². The molecule has 0 spiro atoms. The van der Waals surface area contributed by atoms with Crippen molar-refractivity contribution in [1.82, 2.24) is 14.7 Å². The van der Waals surface area contributed by atoms with Crippen LogP contribution < -0.4 is 0 Å². The van der Waals surface area contributed by atoms with E-state index in [0.717, 1.165) is 38.6 Å². The molecule has 1 N–H and O–H groups in total. The summed E-state index contributed by atoms with van der Waals surface area (Å²) in [4.78, 5) is 29.5. The largest absolute Gasteiger partial charge is 0.465 e. The van der Waals surface area contributed by atoms with Gasteiger partial charge in [-0.3, -0.25) is 14.6 Å². The molecule has 0 radical (unpaired) electrons. The SMILES string of the molecule is C[C@@H]1CC[C@@H](C(=O)N2CCN(C3CC3)CC2)N1C(=O)O. The zero-order valence-electron chi connectivity index (χ0n) is 12.0. The first-order chi connectivity index (χ1) is 9.58. The van der Waals surface area contributed by atoms with Gasteiger partial charge >= 0.3 is 6.09 Å². The first kappa shape index (κ1) is 13.7. The number of likely N-dealkylation sites (tertiary alicyclic amines) is 1. The fourth-order valence-electron chi connectivity index (χ4n) is 3.51. The first-order valence-corrected chi connectivity index (χ1v) is 7.62. The molecule has 20 heavy (non-hydrogen) atoms. The number of carbonyl (C=O) groups excluding carboxylic acids is 1. The van der Waals surface area contributed by atoms with Gasteiger partial charge in [-0.25, -0.2) is 4.79 Å². The lowest BCUT2D eigenvalue weighted by atomic mass is 10.1. The highest BCUT2D eigenvalue weighted by atomic mass is 16.4. The third kappa shape index (κ3) is 2.49. The van der Waals surface area contributed by atoms with Crippen LogP contribution in [-0.4, -0.2) is 76.1 Å². The maximum Gasteiger partial charge on any atom is 0.408 e. The Morgan fingerprint density at radius 3 is 2.20 bits per heavy atom. The Balaban J connectivity index is 1.59.